The molecule has 5 nitrogen and oxygen atoms in total. The molecule has 0 saturated heterocycles. The fraction of sp³-hybridized carbons (Fsp3) is 0.360. The van der Waals surface area contributed by atoms with Gasteiger partial charge in [-0.1, -0.05) is 15.9 Å². The number of pyridine rings is 1. The molecule has 2 aromatic carbocycles. The predicted octanol–water partition coefficient (Wildman–Crippen LogP) is 6.32. The molecule has 4 rings (SSSR count). The third kappa shape index (κ3) is 5.14. The monoisotopic (exact) mass is 534 g/mol. The summed E-state index contributed by atoms with van der Waals surface area (Å²) in [5, 5.41) is 3.98. The standard InChI is InChI=1S/C25H26BrF3N4O/c1-33(2)17-8-9-18(24(30)34)19(12-17)14-3-6-16(7-4-14)31-22-13-23(25(27,28)29)32-21-10-5-15(26)11-20(21)22/h5,8-14,16H,3-4,6-7H2,1-2H3,(H2,30,34)(H,31,32). The molecule has 0 aliphatic heterocycles. The molecule has 1 aromatic heterocycles. The summed E-state index contributed by atoms with van der Waals surface area (Å²) in [5.74, 6) is -0.288. The van der Waals surface area contributed by atoms with E-state index in [0.717, 1.165) is 47.5 Å². The number of nitrogens with one attached hydrogen (secondary N) is 1. The zero-order chi connectivity index (χ0) is 24.6. The molecule has 0 radical (unpaired) electrons. The van der Waals surface area contributed by atoms with Gasteiger partial charge < -0.3 is 16.0 Å². The number of primary amides is 1. The third-order valence-corrected chi connectivity index (χ3v) is 6.90. The van der Waals surface area contributed by atoms with Gasteiger partial charge in [-0.15, -0.1) is 0 Å². The molecule has 3 aromatic rings. The van der Waals surface area contributed by atoms with Gasteiger partial charge in [0.05, 0.1) is 5.52 Å². The van der Waals surface area contributed by atoms with Crippen molar-refractivity contribution < 1.29 is 18.0 Å². The summed E-state index contributed by atoms with van der Waals surface area (Å²) in [6.45, 7) is 0. The molecule has 34 heavy (non-hydrogen) atoms. The topological polar surface area (TPSA) is 71.2 Å². The average molecular weight is 535 g/mol. The Balaban J connectivity index is 1.57. The number of nitrogens with zero attached hydrogens (tertiary/aromatic N) is 2. The molecule has 1 aliphatic rings. The van der Waals surface area contributed by atoms with Crippen LogP contribution in [0.15, 0.2) is 46.9 Å². The van der Waals surface area contributed by atoms with E-state index < -0.39 is 17.8 Å². The first-order valence-electron chi connectivity index (χ1n) is 11.1. The summed E-state index contributed by atoms with van der Waals surface area (Å²) < 4.78 is 41.1. The highest BCUT2D eigenvalue weighted by molar-refractivity contribution is 9.10. The van der Waals surface area contributed by atoms with Crippen molar-refractivity contribution in [1.82, 2.24) is 4.98 Å². The number of amides is 1. The lowest BCUT2D eigenvalue weighted by molar-refractivity contribution is -0.140. The van der Waals surface area contributed by atoms with Crippen LogP contribution in [0, 0.1) is 0 Å². The number of nitrogens with two attached hydrogens (primary N) is 1. The van der Waals surface area contributed by atoms with E-state index in [0.29, 0.717) is 22.2 Å². The van der Waals surface area contributed by atoms with Crippen LogP contribution >= 0.6 is 15.9 Å². The molecule has 0 bridgehead atoms. The highest BCUT2D eigenvalue weighted by Crippen LogP contribution is 2.39. The van der Waals surface area contributed by atoms with E-state index in [1.54, 1.807) is 24.3 Å². The first kappa shape index (κ1) is 24.3. The van der Waals surface area contributed by atoms with Crippen molar-refractivity contribution >= 4 is 44.1 Å². The van der Waals surface area contributed by atoms with Crippen molar-refractivity contribution in [1.29, 1.82) is 0 Å². The molecular weight excluding hydrogens is 509 g/mol. The Morgan fingerprint density at radius 3 is 2.41 bits per heavy atom. The molecule has 1 amide bonds. The van der Waals surface area contributed by atoms with Crippen molar-refractivity contribution in [3.8, 4) is 0 Å². The molecule has 1 heterocycles. The molecule has 1 saturated carbocycles. The van der Waals surface area contributed by atoms with Crippen LogP contribution in [-0.2, 0) is 6.18 Å². The minimum Gasteiger partial charge on any atom is -0.382 e. The maximum absolute atomic E-state index is 13.4. The highest BCUT2D eigenvalue weighted by atomic mass is 79.9. The number of anilines is 2. The smallest absolute Gasteiger partial charge is 0.382 e. The van der Waals surface area contributed by atoms with Crippen LogP contribution in [0.1, 0.15) is 53.2 Å². The number of aromatic nitrogens is 1. The fourth-order valence-corrected chi connectivity index (χ4v) is 4.98. The van der Waals surface area contributed by atoms with Crippen molar-refractivity contribution in [3.05, 3.63) is 63.8 Å². The number of carbonyl (C=O) groups excluding carboxylic acids is 1. The second-order valence-corrected chi connectivity index (χ2v) is 9.85. The number of benzene rings is 2. The molecule has 0 atom stereocenters. The SMILES string of the molecule is CN(C)c1ccc(C(N)=O)c(C2CCC(Nc3cc(C(F)(F)F)nc4ccc(Br)cc34)CC2)c1. The average Bonchev–Trinajstić information content (AvgIpc) is 2.78. The van der Waals surface area contributed by atoms with E-state index in [2.05, 4.69) is 26.2 Å². The van der Waals surface area contributed by atoms with E-state index in [1.165, 1.54) is 0 Å². The van der Waals surface area contributed by atoms with Gasteiger partial charge in [0.25, 0.3) is 0 Å². The first-order chi connectivity index (χ1) is 16.0. The van der Waals surface area contributed by atoms with E-state index >= 15 is 0 Å². The summed E-state index contributed by atoms with van der Waals surface area (Å²) in [6, 6.07) is 11.8. The summed E-state index contributed by atoms with van der Waals surface area (Å²) in [6.07, 6.45) is -1.41. The Kier molecular flexibility index (Phi) is 6.75. The number of carbonyl (C=O) groups is 1. The quantitative estimate of drug-likeness (QED) is 0.401. The van der Waals surface area contributed by atoms with Crippen LogP contribution in [0.4, 0.5) is 24.5 Å². The Bertz CT molecular complexity index is 1220. The molecule has 0 spiro atoms. The summed E-state index contributed by atoms with van der Waals surface area (Å²) in [5.41, 5.74) is 7.89. The van der Waals surface area contributed by atoms with E-state index in [4.69, 9.17) is 5.73 Å². The zero-order valence-corrected chi connectivity index (χ0v) is 20.5. The Labute approximate surface area is 204 Å². The van der Waals surface area contributed by atoms with Gasteiger partial charge in [-0.3, -0.25) is 4.79 Å². The lowest BCUT2D eigenvalue weighted by atomic mass is 9.79. The van der Waals surface area contributed by atoms with Crippen LogP contribution < -0.4 is 16.0 Å². The second-order valence-electron chi connectivity index (χ2n) is 8.94. The van der Waals surface area contributed by atoms with E-state index in [9.17, 15) is 18.0 Å². The van der Waals surface area contributed by atoms with Crippen LogP contribution in [0.5, 0.6) is 0 Å². The van der Waals surface area contributed by atoms with Gasteiger partial charge in [0.15, 0.2) is 0 Å². The Morgan fingerprint density at radius 2 is 1.79 bits per heavy atom. The summed E-state index contributed by atoms with van der Waals surface area (Å²) in [7, 11) is 3.88. The number of rotatable bonds is 5. The van der Waals surface area contributed by atoms with Crippen molar-refractivity contribution in [2.75, 3.05) is 24.3 Å². The van der Waals surface area contributed by atoms with Gasteiger partial charge in [-0.25, -0.2) is 4.98 Å². The number of halogens is 4. The van der Waals surface area contributed by atoms with E-state index in [1.807, 2.05) is 31.1 Å². The minimum atomic E-state index is -4.53. The third-order valence-electron chi connectivity index (χ3n) is 6.40. The Hall–Kier alpha value is -2.81. The van der Waals surface area contributed by atoms with Crippen molar-refractivity contribution in [2.45, 2.75) is 43.8 Å². The van der Waals surface area contributed by atoms with Gasteiger partial charge in [-0.05, 0) is 79.6 Å². The first-order valence-corrected chi connectivity index (χ1v) is 11.9. The van der Waals surface area contributed by atoms with Crippen LogP contribution in [0.2, 0.25) is 0 Å². The predicted molar refractivity (Wildman–Crippen MR) is 132 cm³/mol. The summed E-state index contributed by atoms with van der Waals surface area (Å²) >= 11 is 3.40. The highest BCUT2D eigenvalue weighted by Gasteiger charge is 2.34. The lowest BCUT2D eigenvalue weighted by Crippen LogP contribution is -2.27. The Morgan fingerprint density at radius 1 is 1.09 bits per heavy atom. The van der Waals surface area contributed by atoms with Gasteiger partial charge in [0.1, 0.15) is 5.69 Å². The number of hydrogen-bond acceptors (Lipinski definition) is 4. The molecule has 1 aliphatic carbocycles. The van der Waals surface area contributed by atoms with Crippen molar-refractivity contribution in [3.63, 3.8) is 0 Å². The lowest BCUT2D eigenvalue weighted by Gasteiger charge is -2.31. The fourth-order valence-electron chi connectivity index (χ4n) is 4.62. The van der Waals surface area contributed by atoms with Gasteiger partial charge in [0.2, 0.25) is 5.91 Å². The molecule has 9 heteroatoms. The molecule has 180 valence electrons. The maximum atomic E-state index is 13.4. The van der Waals surface area contributed by atoms with Crippen LogP contribution in [0.3, 0.4) is 0 Å². The molecule has 0 unspecified atom stereocenters. The zero-order valence-electron chi connectivity index (χ0n) is 18.9. The summed E-state index contributed by atoms with van der Waals surface area (Å²) in [4.78, 5) is 17.8. The van der Waals surface area contributed by atoms with Gasteiger partial charge in [-0.2, -0.15) is 13.2 Å². The second kappa shape index (κ2) is 9.44. The molecule has 3 N–H and O–H groups in total. The van der Waals surface area contributed by atoms with Crippen LogP contribution in [-0.4, -0.2) is 31.0 Å². The number of alkyl halides is 3. The maximum Gasteiger partial charge on any atom is 0.433 e. The van der Waals surface area contributed by atoms with Crippen LogP contribution in [0.25, 0.3) is 10.9 Å². The number of hydrogen-bond donors (Lipinski definition) is 2. The van der Waals surface area contributed by atoms with E-state index in [-0.39, 0.29) is 12.0 Å². The molecule has 1 fully saturated rings. The van der Waals surface area contributed by atoms with Crippen molar-refractivity contribution in [2.24, 2.45) is 5.73 Å². The normalized spacial score (nSPS) is 18.6. The number of fused-ring (bicyclic) bond motifs is 1. The molecular formula is C25H26BrF3N4O. The minimum absolute atomic E-state index is 0.0102. The van der Waals surface area contributed by atoms with Gasteiger partial charge >= 0.3 is 6.18 Å². The van der Waals surface area contributed by atoms with Gasteiger partial charge in [0, 0.05) is 46.9 Å². The largest absolute Gasteiger partial charge is 0.433 e.